The molecule has 0 saturated heterocycles. The Balaban J connectivity index is 2.46. The van der Waals surface area contributed by atoms with E-state index in [0.29, 0.717) is 6.61 Å². The Morgan fingerprint density at radius 1 is 1.58 bits per heavy atom. The molecule has 2 aromatic rings. The Hall–Kier alpha value is -1.51. The number of imidazole rings is 1. The fourth-order valence-electron chi connectivity index (χ4n) is 1.11. The van der Waals surface area contributed by atoms with E-state index >= 15 is 0 Å². The van der Waals surface area contributed by atoms with E-state index in [1.54, 1.807) is 0 Å². The van der Waals surface area contributed by atoms with Crippen LogP contribution in [0.15, 0.2) is 18.2 Å². The van der Waals surface area contributed by atoms with Gasteiger partial charge in [0.25, 0.3) is 0 Å². The van der Waals surface area contributed by atoms with Crippen LogP contribution in [0.5, 0.6) is 5.75 Å². The van der Waals surface area contributed by atoms with E-state index in [1.165, 1.54) is 0 Å². The van der Waals surface area contributed by atoms with Crippen molar-refractivity contribution in [3.63, 3.8) is 0 Å². The second-order valence-corrected chi connectivity index (χ2v) is 2.46. The molecule has 1 N–H and O–H groups in total. The Kier molecular flexibility index (Phi) is 1.70. The van der Waals surface area contributed by atoms with Gasteiger partial charge in [-0.15, -0.1) is 0 Å². The van der Waals surface area contributed by atoms with Crippen molar-refractivity contribution in [2.45, 2.75) is 6.92 Å². The number of aromatic amines is 1. The van der Waals surface area contributed by atoms with Crippen LogP contribution in [0, 0.1) is 6.33 Å². The fraction of sp³-hybridized carbons (Fsp3) is 0.222. The van der Waals surface area contributed by atoms with Crippen LogP contribution in [0.25, 0.3) is 11.0 Å². The van der Waals surface area contributed by atoms with Crippen molar-refractivity contribution in [2.24, 2.45) is 0 Å². The van der Waals surface area contributed by atoms with Crippen LogP contribution < -0.4 is 4.74 Å². The number of H-pyrrole nitrogens is 1. The standard InChI is InChI=1S/C9H9N2O/c1-2-12-7-3-4-8-9(5-7)11-6-10-8/h3-5H,2H2,1H3,(H,10,11). The van der Waals surface area contributed by atoms with Crippen LogP contribution in [-0.4, -0.2) is 16.6 Å². The van der Waals surface area contributed by atoms with Gasteiger partial charge in [-0.3, -0.25) is 0 Å². The van der Waals surface area contributed by atoms with Gasteiger partial charge >= 0.3 is 0 Å². The average Bonchev–Trinajstić information content (AvgIpc) is 2.51. The van der Waals surface area contributed by atoms with Crippen LogP contribution in [0.1, 0.15) is 6.92 Å². The highest BCUT2D eigenvalue weighted by Gasteiger charge is 1.97. The third-order valence-corrected chi connectivity index (χ3v) is 1.65. The normalized spacial score (nSPS) is 10.4. The lowest BCUT2D eigenvalue weighted by atomic mass is 10.3. The average molecular weight is 161 g/mol. The lowest BCUT2D eigenvalue weighted by Gasteiger charge is -2.00. The summed E-state index contributed by atoms with van der Waals surface area (Å²) in [6, 6.07) is 5.74. The molecule has 2 rings (SSSR count). The van der Waals surface area contributed by atoms with Crippen molar-refractivity contribution in [1.29, 1.82) is 0 Å². The van der Waals surface area contributed by atoms with Crippen molar-refractivity contribution in [3.05, 3.63) is 24.5 Å². The van der Waals surface area contributed by atoms with Gasteiger partial charge in [0.05, 0.1) is 17.6 Å². The number of aromatic nitrogens is 2. The summed E-state index contributed by atoms with van der Waals surface area (Å²) in [5, 5.41) is 0. The SMILES string of the molecule is CCOc1ccc2[nH][c]nc2c1. The number of fused-ring (bicyclic) bond motifs is 1. The van der Waals surface area contributed by atoms with E-state index in [0.717, 1.165) is 16.8 Å². The highest BCUT2D eigenvalue weighted by atomic mass is 16.5. The van der Waals surface area contributed by atoms with E-state index in [9.17, 15) is 0 Å². The summed E-state index contributed by atoms with van der Waals surface area (Å²) >= 11 is 0. The first-order valence-electron chi connectivity index (χ1n) is 3.89. The topological polar surface area (TPSA) is 37.9 Å². The van der Waals surface area contributed by atoms with Gasteiger partial charge in [-0.1, -0.05) is 0 Å². The monoisotopic (exact) mass is 161 g/mol. The summed E-state index contributed by atoms with van der Waals surface area (Å²) in [6.45, 7) is 2.64. The molecule has 0 atom stereocenters. The number of hydrogen-bond acceptors (Lipinski definition) is 2. The quantitative estimate of drug-likeness (QED) is 0.728. The summed E-state index contributed by atoms with van der Waals surface area (Å²) in [7, 11) is 0. The van der Waals surface area contributed by atoms with Gasteiger partial charge in [0, 0.05) is 6.07 Å². The predicted molar refractivity (Wildman–Crippen MR) is 46.1 cm³/mol. The van der Waals surface area contributed by atoms with Gasteiger partial charge < -0.3 is 9.72 Å². The molecule has 1 aromatic heterocycles. The van der Waals surface area contributed by atoms with E-state index < -0.39 is 0 Å². The lowest BCUT2D eigenvalue weighted by Crippen LogP contribution is -1.90. The zero-order valence-electron chi connectivity index (χ0n) is 6.79. The van der Waals surface area contributed by atoms with Crippen molar-refractivity contribution in [3.8, 4) is 5.75 Å². The van der Waals surface area contributed by atoms with Gasteiger partial charge in [-0.2, -0.15) is 0 Å². The van der Waals surface area contributed by atoms with Crippen LogP contribution in [0.2, 0.25) is 0 Å². The minimum absolute atomic E-state index is 0.680. The van der Waals surface area contributed by atoms with E-state index in [2.05, 4.69) is 16.3 Å². The zero-order chi connectivity index (χ0) is 8.39. The zero-order valence-corrected chi connectivity index (χ0v) is 6.79. The maximum Gasteiger partial charge on any atom is 0.174 e. The van der Waals surface area contributed by atoms with Crippen molar-refractivity contribution in [2.75, 3.05) is 6.61 Å². The molecule has 0 spiro atoms. The number of ether oxygens (including phenoxy) is 1. The molecule has 61 valence electrons. The van der Waals surface area contributed by atoms with Crippen molar-refractivity contribution < 1.29 is 4.74 Å². The Morgan fingerprint density at radius 2 is 2.50 bits per heavy atom. The third kappa shape index (κ3) is 1.13. The first-order valence-corrected chi connectivity index (χ1v) is 3.89. The van der Waals surface area contributed by atoms with E-state index in [-0.39, 0.29) is 0 Å². The summed E-state index contributed by atoms with van der Waals surface area (Å²) < 4.78 is 5.32. The van der Waals surface area contributed by atoms with Gasteiger partial charge in [0.2, 0.25) is 0 Å². The molecule has 0 fully saturated rings. The van der Waals surface area contributed by atoms with Crippen molar-refractivity contribution >= 4 is 11.0 Å². The summed E-state index contributed by atoms with van der Waals surface area (Å²) in [5.74, 6) is 0.852. The van der Waals surface area contributed by atoms with Crippen LogP contribution in [0.3, 0.4) is 0 Å². The van der Waals surface area contributed by atoms with Gasteiger partial charge in [0.1, 0.15) is 5.75 Å². The summed E-state index contributed by atoms with van der Waals surface area (Å²) in [6.07, 6.45) is 2.68. The number of nitrogens with one attached hydrogen (secondary N) is 1. The molecule has 1 radical (unpaired) electrons. The highest BCUT2D eigenvalue weighted by Crippen LogP contribution is 2.16. The summed E-state index contributed by atoms with van der Waals surface area (Å²) in [5.41, 5.74) is 1.87. The first kappa shape index (κ1) is 7.16. The maximum absolute atomic E-state index is 5.32. The second kappa shape index (κ2) is 2.85. The van der Waals surface area contributed by atoms with E-state index in [4.69, 9.17) is 4.74 Å². The molecule has 0 bridgehead atoms. The minimum Gasteiger partial charge on any atom is -0.494 e. The molecule has 0 unspecified atom stereocenters. The molecule has 0 amide bonds. The number of rotatable bonds is 2. The Labute approximate surface area is 70.4 Å². The molecule has 12 heavy (non-hydrogen) atoms. The lowest BCUT2D eigenvalue weighted by molar-refractivity contribution is 0.340. The fourth-order valence-corrected chi connectivity index (χ4v) is 1.11. The van der Waals surface area contributed by atoms with Crippen LogP contribution in [0.4, 0.5) is 0 Å². The molecule has 3 nitrogen and oxygen atoms in total. The summed E-state index contributed by atoms with van der Waals surface area (Å²) in [4.78, 5) is 6.90. The van der Waals surface area contributed by atoms with Crippen LogP contribution >= 0.6 is 0 Å². The van der Waals surface area contributed by atoms with Gasteiger partial charge in [0.15, 0.2) is 6.33 Å². The largest absolute Gasteiger partial charge is 0.494 e. The molecule has 0 aliphatic rings. The van der Waals surface area contributed by atoms with Crippen molar-refractivity contribution in [1.82, 2.24) is 9.97 Å². The molecule has 1 heterocycles. The number of hydrogen-bond donors (Lipinski definition) is 1. The maximum atomic E-state index is 5.32. The number of nitrogens with zero attached hydrogens (tertiary/aromatic N) is 1. The van der Waals surface area contributed by atoms with Gasteiger partial charge in [-0.25, -0.2) is 4.98 Å². The highest BCUT2D eigenvalue weighted by molar-refractivity contribution is 5.75. The Morgan fingerprint density at radius 3 is 3.33 bits per heavy atom. The second-order valence-electron chi connectivity index (χ2n) is 2.46. The van der Waals surface area contributed by atoms with E-state index in [1.807, 2.05) is 25.1 Å². The molecule has 0 aliphatic heterocycles. The molecule has 0 saturated carbocycles. The first-order chi connectivity index (χ1) is 5.90. The molecular weight excluding hydrogens is 152 g/mol. The molecule has 1 aromatic carbocycles. The predicted octanol–water partition coefficient (Wildman–Crippen LogP) is 1.76. The molecule has 3 heteroatoms. The number of benzene rings is 1. The molecule has 0 aliphatic carbocycles. The third-order valence-electron chi connectivity index (χ3n) is 1.65. The minimum atomic E-state index is 0.680. The molecular formula is C9H9N2O. The Bertz CT molecular complexity index is 381. The van der Waals surface area contributed by atoms with Crippen LogP contribution in [-0.2, 0) is 0 Å². The van der Waals surface area contributed by atoms with Gasteiger partial charge in [-0.05, 0) is 19.1 Å². The smallest absolute Gasteiger partial charge is 0.174 e.